The number of carboxylic acid groups (broad SMARTS) is 1. The van der Waals surface area contributed by atoms with Crippen molar-refractivity contribution in [3.05, 3.63) is 22.7 Å². The summed E-state index contributed by atoms with van der Waals surface area (Å²) in [4.78, 5) is 16.9. The number of rotatable bonds is 2. The number of imidazole rings is 1. The Morgan fingerprint density at radius 3 is 3.11 bits per heavy atom. The lowest BCUT2D eigenvalue weighted by molar-refractivity contribution is 0.0686. The maximum Gasteiger partial charge on any atom is 0.354 e. The molecule has 0 bridgehead atoms. The Kier molecular flexibility index (Phi) is 2.59. The Balaban J connectivity index is 2.23. The van der Waals surface area contributed by atoms with Crippen LogP contribution in [0.2, 0.25) is 0 Å². The number of carbonyl (C=O) groups is 1. The summed E-state index contributed by atoms with van der Waals surface area (Å²) in [6.07, 6.45) is 0.923. The predicted octanol–water partition coefficient (Wildman–Crippen LogP) is 2.43. The van der Waals surface area contributed by atoms with Gasteiger partial charge in [-0.25, -0.2) is 9.78 Å². The average Bonchev–Trinajstić information content (AvgIpc) is 2.91. The number of anilines is 1. The second kappa shape index (κ2) is 4.13. The third-order valence-electron chi connectivity index (χ3n) is 3.09. The van der Waals surface area contributed by atoms with E-state index in [4.69, 9.17) is 0 Å². The van der Waals surface area contributed by atoms with Gasteiger partial charge in [0.2, 0.25) is 5.95 Å². The van der Waals surface area contributed by atoms with Crippen LogP contribution in [-0.2, 0) is 6.54 Å². The maximum absolute atomic E-state index is 11.5. The lowest BCUT2D eigenvalue weighted by Crippen LogP contribution is -2.20. The molecule has 3 rings (SSSR count). The second-order valence-corrected chi connectivity index (χ2v) is 5.22. The molecule has 1 aliphatic heterocycles. The van der Waals surface area contributed by atoms with Crippen LogP contribution in [-0.4, -0.2) is 27.2 Å². The maximum atomic E-state index is 11.5. The van der Waals surface area contributed by atoms with Gasteiger partial charge >= 0.3 is 5.97 Å². The molecule has 5 nitrogen and oxygen atoms in total. The molecule has 1 aliphatic rings. The van der Waals surface area contributed by atoms with Gasteiger partial charge in [-0.15, -0.1) is 11.3 Å². The molecule has 0 fully saturated rings. The summed E-state index contributed by atoms with van der Waals surface area (Å²) in [5, 5.41) is 14.5. The summed E-state index contributed by atoms with van der Waals surface area (Å²) >= 11 is 1.53. The number of hydrogen-bond donors (Lipinski definition) is 2. The van der Waals surface area contributed by atoms with Crippen LogP contribution >= 0.6 is 11.3 Å². The number of carboxylic acids is 1. The third kappa shape index (κ3) is 1.60. The van der Waals surface area contributed by atoms with Gasteiger partial charge in [-0.1, -0.05) is 0 Å². The number of fused-ring (bicyclic) bond motifs is 1. The first-order chi connectivity index (χ1) is 8.68. The lowest BCUT2D eigenvalue weighted by atomic mass is 10.2. The van der Waals surface area contributed by atoms with Crippen molar-refractivity contribution in [1.82, 2.24) is 9.55 Å². The molecule has 3 heterocycles. The summed E-state index contributed by atoms with van der Waals surface area (Å²) in [7, 11) is 0. The van der Waals surface area contributed by atoms with Crippen molar-refractivity contribution in [3.63, 3.8) is 0 Å². The summed E-state index contributed by atoms with van der Waals surface area (Å²) in [5.41, 5.74) is 1.94. The molecule has 2 N–H and O–H groups in total. The molecule has 94 valence electrons. The van der Waals surface area contributed by atoms with E-state index >= 15 is 0 Å². The van der Waals surface area contributed by atoms with Gasteiger partial charge in [0.15, 0.2) is 5.69 Å². The van der Waals surface area contributed by atoms with Crippen molar-refractivity contribution in [3.8, 4) is 10.6 Å². The highest BCUT2D eigenvalue weighted by molar-refractivity contribution is 7.13. The largest absolute Gasteiger partial charge is 0.477 e. The molecule has 0 saturated heterocycles. The first-order valence-electron chi connectivity index (χ1n) is 5.80. The van der Waals surface area contributed by atoms with Crippen LogP contribution in [0.1, 0.15) is 22.5 Å². The normalized spacial score (nSPS) is 14.1. The molecule has 0 radical (unpaired) electrons. The van der Waals surface area contributed by atoms with Crippen molar-refractivity contribution in [1.29, 1.82) is 0 Å². The van der Waals surface area contributed by atoms with Crippen molar-refractivity contribution < 1.29 is 9.90 Å². The van der Waals surface area contributed by atoms with Gasteiger partial charge < -0.3 is 15.0 Å². The monoisotopic (exact) mass is 263 g/mol. The minimum Gasteiger partial charge on any atom is -0.477 e. The molecule has 0 atom stereocenters. The summed E-state index contributed by atoms with van der Waals surface area (Å²) < 4.78 is 1.76. The Labute approximate surface area is 108 Å². The Hall–Kier alpha value is -1.82. The van der Waals surface area contributed by atoms with Gasteiger partial charge in [0.1, 0.15) is 5.69 Å². The fourth-order valence-electron chi connectivity index (χ4n) is 2.23. The van der Waals surface area contributed by atoms with Gasteiger partial charge in [0, 0.05) is 13.1 Å². The highest BCUT2D eigenvalue weighted by Crippen LogP contribution is 2.34. The fourth-order valence-corrected chi connectivity index (χ4v) is 3.15. The van der Waals surface area contributed by atoms with Gasteiger partial charge in [0.05, 0.1) is 4.88 Å². The minimum absolute atomic E-state index is 0.294. The molecule has 6 heteroatoms. The Bertz CT molecular complexity index is 615. The summed E-state index contributed by atoms with van der Waals surface area (Å²) in [6, 6.07) is 1.98. The molecule has 0 unspecified atom stereocenters. The van der Waals surface area contributed by atoms with E-state index in [-0.39, 0.29) is 0 Å². The van der Waals surface area contributed by atoms with Crippen LogP contribution in [0.15, 0.2) is 11.4 Å². The number of aromatic carboxylic acids is 1. The molecule has 18 heavy (non-hydrogen) atoms. The summed E-state index contributed by atoms with van der Waals surface area (Å²) in [5.74, 6) is -0.248. The van der Waals surface area contributed by atoms with Crippen LogP contribution < -0.4 is 5.32 Å². The zero-order valence-corrected chi connectivity index (χ0v) is 10.8. The zero-order valence-electron chi connectivity index (χ0n) is 9.93. The molecule has 0 saturated carbocycles. The smallest absolute Gasteiger partial charge is 0.354 e. The van der Waals surface area contributed by atoms with E-state index in [9.17, 15) is 9.90 Å². The fraction of sp³-hybridized carbons (Fsp3) is 0.333. The predicted molar refractivity (Wildman–Crippen MR) is 70.3 cm³/mol. The van der Waals surface area contributed by atoms with E-state index < -0.39 is 5.97 Å². The average molecular weight is 263 g/mol. The first-order valence-corrected chi connectivity index (χ1v) is 6.68. The van der Waals surface area contributed by atoms with Crippen molar-refractivity contribution in [2.75, 3.05) is 11.9 Å². The number of aromatic nitrogens is 2. The summed E-state index contributed by atoms with van der Waals surface area (Å²) in [6.45, 7) is 3.53. The van der Waals surface area contributed by atoms with Gasteiger partial charge in [-0.3, -0.25) is 0 Å². The number of aryl methyl sites for hydroxylation is 1. The van der Waals surface area contributed by atoms with E-state index in [1.165, 1.54) is 11.3 Å². The van der Waals surface area contributed by atoms with E-state index in [2.05, 4.69) is 10.3 Å². The van der Waals surface area contributed by atoms with Crippen LogP contribution in [0.3, 0.4) is 0 Å². The molecule has 0 aromatic carbocycles. The van der Waals surface area contributed by atoms with Crippen LogP contribution in [0.25, 0.3) is 10.6 Å². The van der Waals surface area contributed by atoms with Gasteiger partial charge in [-0.2, -0.15) is 0 Å². The second-order valence-electron chi connectivity index (χ2n) is 4.30. The molecule has 0 amide bonds. The number of nitrogens with zero attached hydrogens (tertiary/aromatic N) is 2. The molecule has 2 aromatic heterocycles. The van der Waals surface area contributed by atoms with E-state index in [0.29, 0.717) is 23.9 Å². The van der Waals surface area contributed by atoms with E-state index in [0.717, 1.165) is 23.4 Å². The SMILES string of the molecule is Cc1ccsc1-c1nc2n(c1C(=O)O)CCCN2. The highest BCUT2D eigenvalue weighted by Gasteiger charge is 2.26. The van der Waals surface area contributed by atoms with Crippen LogP contribution in [0.5, 0.6) is 0 Å². The molecule has 0 spiro atoms. The molecular weight excluding hydrogens is 250 g/mol. The quantitative estimate of drug-likeness (QED) is 0.873. The van der Waals surface area contributed by atoms with Crippen molar-refractivity contribution in [2.45, 2.75) is 19.9 Å². The molecular formula is C12H13N3O2S. The van der Waals surface area contributed by atoms with Crippen molar-refractivity contribution in [2.24, 2.45) is 0 Å². The molecule has 0 aliphatic carbocycles. The Morgan fingerprint density at radius 2 is 2.44 bits per heavy atom. The number of nitrogens with one attached hydrogen (secondary N) is 1. The van der Waals surface area contributed by atoms with Gasteiger partial charge in [-0.05, 0) is 30.4 Å². The Morgan fingerprint density at radius 1 is 1.61 bits per heavy atom. The van der Waals surface area contributed by atoms with Crippen LogP contribution in [0.4, 0.5) is 5.95 Å². The van der Waals surface area contributed by atoms with E-state index in [1.54, 1.807) is 4.57 Å². The standard InChI is InChI=1S/C12H13N3O2S/c1-7-3-6-18-10(7)8-9(11(16)17)15-5-2-4-13-12(15)14-8/h3,6H,2,4-5H2,1H3,(H,13,14)(H,16,17). The first kappa shape index (κ1) is 11.3. The zero-order chi connectivity index (χ0) is 12.7. The number of hydrogen-bond acceptors (Lipinski definition) is 4. The highest BCUT2D eigenvalue weighted by atomic mass is 32.1. The van der Waals surface area contributed by atoms with Crippen molar-refractivity contribution >= 4 is 23.3 Å². The van der Waals surface area contributed by atoms with E-state index in [1.807, 2.05) is 18.4 Å². The molecule has 2 aromatic rings. The topological polar surface area (TPSA) is 67.2 Å². The lowest BCUT2D eigenvalue weighted by Gasteiger charge is -2.16. The number of thiophene rings is 1. The van der Waals surface area contributed by atoms with Gasteiger partial charge in [0.25, 0.3) is 0 Å². The third-order valence-corrected chi connectivity index (χ3v) is 4.11. The van der Waals surface area contributed by atoms with Crippen LogP contribution in [0, 0.1) is 6.92 Å². The minimum atomic E-state index is -0.916.